The molecule has 2 bridgehead atoms. The van der Waals surface area contributed by atoms with Gasteiger partial charge in [-0.1, -0.05) is 5.11 Å². The van der Waals surface area contributed by atoms with Crippen molar-refractivity contribution >= 4 is 31.0 Å². The predicted molar refractivity (Wildman–Crippen MR) is 89.2 cm³/mol. The third kappa shape index (κ3) is 2.45. The average molecular weight is 380 g/mol. The van der Waals surface area contributed by atoms with Gasteiger partial charge in [-0.15, -0.1) is 4.52 Å². The minimum absolute atomic E-state index is 0.00607. The van der Waals surface area contributed by atoms with Crippen LogP contribution in [0.25, 0.3) is 21.6 Å². The fourth-order valence-electron chi connectivity index (χ4n) is 3.31. The molecule has 2 aromatic rings. The van der Waals surface area contributed by atoms with Gasteiger partial charge < -0.3 is 20.9 Å². The minimum Gasteiger partial charge on any atom is -0.382 e. The van der Waals surface area contributed by atoms with E-state index in [-0.39, 0.29) is 25.0 Å². The summed E-state index contributed by atoms with van der Waals surface area (Å²) in [6.07, 6.45) is 0.182. The molecule has 0 amide bonds. The molecule has 2 saturated heterocycles. The van der Waals surface area contributed by atoms with Crippen LogP contribution in [0.5, 0.6) is 0 Å². The Kier molecular flexibility index (Phi) is 3.90. The molecule has 1 unspecified atom stereocenters. The van der Waals surface area contributed by atoms with Crippen LogP contribution in [0.3, 0.4) is 0 Å². The fraction of sp³-hybridized carbons (Fsp3) is 0.583. The zero-order valence-corrected chi connectivity index (χ0v) is 14.5. The lowest BCUT2D eigenvalue weighted by atomic mass is 9.98. The third-order valence-corrected chi connectivity index (χ3v) is 4.91. The summed E-state index contributed by atoms with van der Waals surface area (Å²) in [5.41, 5.74) is 20.1. The summed E-state index contributed by atoms with van der Waals surface area (Å²) < 4.78 is 30.1. The van der Waals surface area contributed by atoms with E-state index in [0.717, 1.165) is 0 Å². The molecule has 2 aliphatic rings. The van der Waals surface area contributed by atoms with Gasteiger partial charge in [0.1, 0.15) is 29.9 Å². The molecule has 0 aliphatic carbocycles. The van der Waals surface area contributed by atoms with Gasteiger partial charge in [-0.05, 0) is 10.1 Å². The number of nitrogens with zero attached hydrogens (tertiary/aromatic N) is 7. The standard InChI is InChI=1S/C12H15N9O4P/c1-26(22)24-3-12-2-23-6(7(12)19-20-15)10(25-12)21-4-16-5-8(13)17-11(14)18-9(5)21/h4,6-7,10H,2-3H2,1H3,(H4,13,14,17,18)/q+1/t6-,7+,10-,12-/m1/s1. The van der Waals surface area contributed by atoms with E-state index < -0.39 is 32.0 Å². The van der Waals surface area contributed by atoms with Crippen molar-refractivity contribution in [1.29, 1.82) is 0 Å². The highest BCUT2D eigenvalue weighted by molar-refractivity contribution is 7.38. The molecule has 0 aromatic carbocycles. The first-order valence-corrected chi connectivity index (χ1v) is 9.20. The molecule has 14 heteroatoms. The molecular formula is C12H15N9O4P+. The van der Waals surface area contributed by atoms with E-state index in [1.807, 2.05) is 0 Å². The lowest BCUT2D eigenvalue weighted by Crippen LogP contribution is -2.43. The number of azide groups is 1. The van der Waals surface area contributed by atoms with Crippen LogP contribution in [0.4, 0.5) is 11.8 Å². The van der Waals surface area contributed by atoms with Crippen LogP contribution in [0.2, 0.25) is 0 Å². The number of aromatic nitrogens is 4. The number of hydrogen-bond acceptors (Lipinski definition) is 10. The molecule has 2 aliphatic heterocycles. The summed E-state index contributed by atoms with van der Waals surface area (Å²) in [4.78, 5) is 15.1. The molecule has 0 radical (unpaired) electrons. The van der Waals surface area contributed by atoms with Crippen molar-refractivity contribution in [1.82, 2.24) is 19.5 Å². The van der Waals surface area contributed by atoms with Crippen molar-refractivity contribution in [2.45, 2.75) is 24.0 Å². The van der Waals surface area contributed by atoms with E-state index in [1.54, 1.807) is 4.57 Å². The molecule has 13 nitrogen and oxygen atoms in total. The monoisotopic (exact) mass is 380 g/mol. The molecule has 0 saturated carbocycles. The van der Waals surface area contributed by atoms with Crippen molar-refractivity contribution in [3.63, 3.8) is 0 Å². The SMILES string of the molecule is C[P+](=O)OC[C@@]12CO[C@@H]([C@H](n3cnc4c(N)nc(N)nc43)O1)[C@@H]2N=[N+]=[N-]. The Hall–Kier alpha value is -2.56. The molecular weight excluding hydrogens is 365 g/mol. The predicted octanol–water partition coefficient (Wildman–Crippen LogP) is 0.725. The Morgan fingerprint density at radius 2 is 2.38 bits per heavy atom. The molecule has 2 aromatic heterocycles. The van der Waals surface area contributed by atoms with Gasteiger partial charge in [0.15, 0.2) is 24.4 Å². The number of ether oxygens (including phenoxy) is 2. The fourth-order valence-corrected chi connectivity index (χ4v) is 3.71. The van der Waals surface area contributed by atoms with Gasteiger partial charge in [-0.25, -0.2) is 4.98 Å². The van der Waals surface area contributed by atoms with Crippen molar-refractivity contribution in [3.8, 4) is 0 Å². The number of anilines is 2. The molecule has 0 spiro atoms. The summed E-state index contributed by atoms with van der Waals surface area (Å²) in [7, 11) is -1.85. The van der Waals surface area contributed by atoms with Crippen molar-refractivity contribution < 1.29 is 18.6 Å². The second kappa shape index (κ2) is 6.01. The van der Waals surface area contributed by atoms with Gasteiger partial charge in [0, 0.05) is 4.91 Å². The number of rotatable bonds is 5. The Morgan fingerprint density at radius 1 is 1.58 bits per heavy atom. The van der Waals surface area contributed by atoms with E-state index in [4.69, 9.17) is 31.0 Å². The van der Waals surface area contributed by atoms with Crippen LogP contribution in [-0.2, 0) is 18.6 Å². The van der Waals surface area contributed by atoms with Gasteiger partial charge in [-0.3, -0.25) is 4.57 Å². The topological polar surface area (TPSA) is 189 Å². The lowest BCUT2D eigenvalue weighted by Gasteiger charge is -2.29. The van der Waals surface area contributed by atoms with E-state index in [9.17, 15) is 4.57 Å². The summed E-state index contributed by atoms with van der Waals surface area (Å²) in [6.45, 7) is 1.54. The van der Waals surface area contributed by atoms with E-state index in [2.05, 4.69) is 25.0 Å². The van der Waals surface area contributed by atoms with Crippen LogP contribution in [0.15, 0.2) is 11.4 Å². The zero-order chi connectivity index (χ0) is 18.5. The maximum absolute atomic E-state index is 11.4. The van der Waals surface area contributed by atoms with Crippen LogP contribution >= 0.6 is 8.03 Å². The summed E-state index contributed by atoms with van der Waals surface area (Å²) >= 11 is 0. The molecule has 2 fully saturated rings. The number of nitrogen functional groups attached to an aromatic ring is 2. The third-order valence-electron chi connectivity index (χ3n) is 4.41. The molecule has 5 atom stereocenters. The van der Waals surface area contributed by atoms with Crippen LogP contribution in [0.1, 0.15) is 6.23 Å². The van der Waals surface area contributed by atoms with E-state index in [0.29, 0.717) is 11.2 Å². The first-order chi connectivity index (χ1) is 12.4. The summed E-state index contributed by atoms with van der Waals surface area (Å²) in [5, 5.41) is 3.81. The second-order valence-corrected chi connectivity index (χ2v) is 7.14. The Labute approximate surface area is 147 Å². The van der Waals surface area contributed by atoms with Crippen molar-refractivity contribution in [3.05, 3.63) is 16.8 Å². The number of nitrogens with two attached hydrogens (primary N) is 2. The summed E-state index contributed by atoms with van der Waals surface area (Å²) in [6, 6.07) is -0.665. The van der Waals surface area contributed by atoms with Gasteiger partial charge in [0.05, 0.1) is 12.9 Å². The molecule has 4 rings (SSSR count). The molecule has 26 heavy (non-hydrogen) atoms. The van der Waals surface area contributed by atoms with Crippen LogP contribution in [0, 0.1) is 0 Å². The molecule has 4 heterocycles. The smallest absolute Gasteiger partial charge is 0.382 e. The van der Waals surface area contributed by atoms with Gasteiger partial charge >= 0.3 is 8.03 Å². The Morgan fingerprint density at radius 3 is 3.12 bits per heavy atom. The van der Waals surface area contributed by atoms with E-state index in [1.165, 1.54) is 13.0 Å². The largest absolute Gasteiger partial charge is 0.504 e. The minimum atomic E-state index is -1.85. The highest BCUT2D eigenvalue weighted by atomic mass is 31.1. The second-order valence-electron chi connectivity index (χ2n) is 6.00. The average Bonchev–Trinajstić information content (AvgIpc) is 3.24. The van der Waals surface area contributed by atoms with Crippen molar-refractivity contribution in [2.24, 2.45) is 5.11 Å². The van der Waals surface area contributed by atoms with Gasteiger partial charge in [-0.2, -0.15) is 9.97 Å². The molecule has 4 N–H and O–H groups in total. The Bertz CT molecular complexity index is 944. The molecule has 136 valence electrons. The summed E-state index contributed by atoms with van der Waals surface area (Å²) in [5.74, 6) is 0.136. The highest BCUT2D eigenvalue weighted by Gasteiger charge is 2.63. The normalized spacial score (nSPS) is 30.5. The maximum atomic E-state index is 11.4. The highest BCUT2D eigenvalue weighted by Crippen LogP contribution is 2.48. The van der Waals surface area contributed by atoms with Crippen LogP contribution in [-0.4, -0.2) is 57.1 Å². The number of fused-ring (bicyclic) bond motifs is 3. The number of hydrogen-bond donors (Lipinski definition) is 2. The number of imidazole rings is 1. The lowest BCUT2D eigenvalue weighted by molar-refractivity contribution is -0.179. The van der Waals surface area contributed by atoms with E-state index >= 15 is 0 Å². The quantitative estimate of drug-likeness (QED) is 0.326. The zero-order valence-electron chi connectivity index (χ0n) is 13.6. The Balaban J connectivity index is 1.75. The maximum Gasteiger partial charge on any atom is 0.504 e. The first-order valence-electron chi connectivity index (χ1n) is 7.58. The van der Waals surface area contributed by atoms with Gasteiger partial charge in [0.25, 0.3) is 0 Å². The van der Waals surface area contributed by atoms with Crippen LogP contribution < -0.4 is 11.5 Å². The van der Waals surface area contributed by atoms with Crippen molar-refractivity contribution in [2.75, 3.05) is 31.3 Å². The first kappa shape index (κ1) is 16.9. The van der Waals surface area contributed by atoms with Gasteiger partial charge in [0.2, 0.25) is 5.95 Å².